The highest BCUT2D eigenvalue weighted by atomic mass is 32.1. The first-order chi connectivity index (χ1) is 16.0. The van der Waals surface area contributed by atoms with E-state index in [2.05, 4.69) is 20.4 Å². The number of aryl methyl sites for hydroxylation is 1. The monoisotopic (exact) mass is 463 g/mol. The molecular formula is C25H29N5O2S. The van der Waals surface area contributed by atoms with Crippen molar-refractivity contribution in [3.63, 3.8) is 0 Å². The lowest BCUT2D eigenvalue weighted by atomic mass is 9.95. The van der Waals surface area contributed by atoms with Gasteiger partial charge in [-0.3, -0.25) is 19.8 Å². The maximum absolute atomic E-state index is 13.1. The third kappa shape index (κ3) is 5.64. The van der Waals surface area contributed by atoms with Gasteiger partial charge >= 0.3 is 0 Å². The number of hydrogen-bond donors (Lipinski definition) is 1. The number of piperazine rings is 1. The van der Waals surface area contributed by atoms with Crippen molar-refractivity contribution in [2.24, 2.45) is 0 Å². The lowest BCUT2D eigenvalue weighted by molar-refractivity contribution is -0.134. The predicted molar refractivity (Wildman–Crippen MR) is 131 cm³/mol. The van der Waals surface area contributed by atoms with E-state index >= 15 is 0 Å². The molecule has 1 fully saturated rings. The summed E-state index contributed by atoms with van der Waals surface area (Å²) in [6, 6.07) is 17.9. The summed E-state index contributed by atoms with van der Waals surface area (Å²) in [4.78, 5) is 29.6. The van der Waals surface area contributed by atoms with Gasteiger partial charge in [-0.05, 0) is 24.5 Å². The normalized spacial score (nSPS) is 15.3. The van der Waals surface area contributed by atoms with Crippen LogP contribution >= 0.6 is 11.3 Å². The van der Waals surface area contributed by atoms with E-state index in [1.165, 1.54) is 11.3 Å². The first kappa shape index (κ1) is 23.1. The van der Waals surface area contributed by atoms with Crippen LogP contribution in [-0.2, 0) is 9.59 Å². The number of hydrogen-bond acceptors (Lipinski definition) is 6. The average Bonchev–Trinajstić information content (AvgIpc) is 3.29. The fourth-order valence-electron chi connectivity index (χ4n) is 4.14. The van der Waals surface area contributed by atoms with E-state index in [1.54, 1.807) is 0 Å². The molecule has 2 aromatic carbocycles. The SMILES string of the molecule is CC[C@@H](C(=O)N1CCN(CC(=O)Nc2nnc(-c3ccccc3C)s2)CC1)c1ccccc1. The summed E-state index contributed by atoms with van der Waals surface area (Å²) in [6.45, 7) is 6.97. The zero-order valence-corrected chi connectivity index (χ0v) is 19.8. The first-order valence-corrected chi connectivity index (χ1v) is 12.1. The second-order valence-electron chi connectivity index (χ2n) is 8.25. The molecule has 1 saturated heterocycles. The quantitative estimate of drug-likeness (QED) is 0.577. The Bertz CT molecular complexity index is 1090. The highest BCUT2D eigenvalue weighted by Crippen LogP contribution is 2.28. The van der Waals surface area contributed by atoms with Crippen molar-refractivity contribution in [2.45, 2.75) is 26.2 Å². The molecule has 0 bridgehead atoms. The van der Waals surface area contributed by atoms with Gasteiger partial charge in [-0.15, -0.1) is 10.2 Å². The van der Waals surface area contributed by atoms with Crippen LogP contribution < -0.4 is 5.32 Å². The van der Waals surface area contributed by atoms with Gasteiger partial charge in [0.2, 0.25) is 16.9 Å². The molecule has 0 radical (unpaired) electrons. The van der Waals surface area contributed by atoms with Crippen LogP contribution in [0.5, 0.6) is 0 Å². The standard InChI is InChI=1S/C25H29N5O2S/c1-3-20(19-10-5-4-6-11-19)24(32)30-15-13-29(14-16-30)17-22(31)26-25-28-27-23(33-25)21-12-8-7-9-18(21)2/h4-12,20H,3,13-17H2,1-2H3,(H,26,28,31)/t20-/m1/s1. The van der Waals surface area contributed by atoms with Crippen LogP contribution in [0.1, 0.15) is 30.4 Å². The van der Waals surface area contributed by atoms with E-state index in [1.807, 2.05) is 73.3 Å². The van der Waals surface area contributed by atoms with Crippen LogP contribution in [0, 0.1) is 6.92 Å². The molecule has 2 heterocycles. The first-order valence-electron chi connectivity index (χ1n) is 11.3. The van der Waals surface area contributed by atoms with E-state index in [-0.39, 0.29) is 24.3 Å². The zero-order chi connectivity index (χ0) is 23.2. The second kappa shape index (κ2) is 10.7. The largest absolute Gasteiger partial charge is 0.340 e. The molecule has 172 valence electrons. The summed E-state index contributed by atoms with van der Waals surface area (Å²) < 4.78 is 0. The minimum absolute atomic E-state index is 0.110. The van der Waals surface area contributed by atoms with Gasteiger partial charge in [0, 0.05) is 31.7 Å². The Hall–Kier alpha value is -3.10. The van der Waals surface area contributed by atoms with Gasteiger partial charge in [0.05, 0.1) is 12.5 Å². The molecule has 3 aromatic rings. The molecule has 7 nitrogen and oxygen atoms in total. The van der Waals surface area contributed by atoms with E-state index in [0.717, 1.165) is 28.1 Å². The Balaban J connectivity index is 1.27. The van der Waals surface area contributed by atoms with Crippen molar-refractivity contribution >= 4 is 28.3 Å². The summed E-state index contributed by atoms with van der Waals surface area (Å²) in [5.41, 5.74) is 3.21. The number of anilines is 1. The summed E-state index contributed by atoms with van der Waals surface area (Å²) in [6.07, 6.45) is 0.776. The van der Waals surface area contributed by atoms with Gasteiger partial charge in [0.15, 0.2) is 0 Å². The Morgan fingerprint density at radius 3 is 2.39 bits per heavy atom. The van der Waals surface area contributed by atoms with Crippen molar-refractivity contribution in [1.82, 2.24) is 20.0 Å². The Kier molecular flexibility index (Phi) is 7.47. The Morgan fingerprint density at radius 2 is 1.70 bits per heavy atom. The number of nitrogens with zero attached hydrogens (tertiary/aromatic N) is 4. The van der Waals surface area contributed by atoms with Gasteiger partial charge in [0.1, 0.15) is 5.01 Å². The molecule has 1 aliphatic heterocycles. The maximum Gasteiger partial charge on any atom is 0.240 e. The molecule has 0 aliphatic carbocycles. The van der Waals surface area contributed by atoms with Gasteiger partial charge < -0.3 is 4.90 Å². The van der Waals surface area contributed by atoms with Crippen LogP contribution in [-0.4, -0.2) is 64.5 Å². The van der Waals surface area contributed by atoms with Crippen LogP contribution in [0.3, 0.4) is 0 Å². The van der Waals surface area contributed by atoms with E-state index in [0.29, 0.717) is 31.3 Å². The number of carbonyl (C=O) groups is 2. The van der Waals surface area contributed by atoms with Gasteiger partial charge in [-0.2, -0.15) is 0 Å². The molecule has 4 rings (SSSR count). The molecular weight excluding hydrogens is 434 g/mol. The summed E-state index contributed by atoms with van der Waals surface area (Å²) in [5.74, 6) is -0.0516. The molecule has 0 spiro atoms. The van der Waals surface area contributed by atoms with Crippen molar-refractivity contribution in [1.29, 1.82) is 0 Å². The zero-order valence-electron chi connectivity index (χ0n) is 19.0. The molecule has 2 amide bonds. The molecule has 1 aromatic heterocycles. The Morgan fingerprint density at radius 1 is 1.00 bits per heavy atom. The number of aromatic nitrogens is 2. The number of carbonyl (C=O) groups excluding carboxylic acids is 2. The second-order valence-corrected chi connectivity index (χ2v) is 9.23. The molecule has 8 heteroatoms. The minimum Gasteiger partial charge on any atom is -0.340 e. The highest BCUT2D eigenvalue weighted by Gasteiger charge is 2.28. The fourth-order valence-corrected chi connectivity index (χ4v) is 4.99. The van der Waals surface area contributed by atoms with Crippen molar-refractivity contribution in [3.05, 3.63) is 65.7 Å². The van der Waals surface area contributed by atoms with Crippen LogP contribution in [0.15, 0.2) is 54.6 Å². The van der Waals surface area contributed by atoms with Crippen molar-refractivity contribution in [3.8, 4) is 10.6 Å². The molecule has 1 N–H and O–H groups in total. The number of amides is 2. The average molecular weight is 464 g/mol. The summed E-state index contributed by atoms with van der Waals surface area (Å²) >= 11 is 1.37. The topological polar surface area (TPSA) is 78.4 Å². The predicted octanol–water partition coefficient (Wildman–Crippen LogP) is 3.79. The third-order valence-corrected chi connectivity index (χ3v) is 6.88. The van der Waals surface area contributed by atoms with Crippen LogP contribution in [0.25, 0.3) is 10.6 Å². The van der Waals surface area contributed by atoms with E-state index in [4.69, 9.17) is 0 Å². The van der Waals surface area contributed by atoms with Crippen molar-refractivity contribution in [2.75, 3.05) is 38.0 Å². The molecule has 1 aliphatic rings. The van der Waals surface area contributed by atoms with Crippen molar-refractivity contribution < 1.29 is 9.59 Å². The maximum atomic E-state index is 13.1. The Labute approximate surface area is 198 Å². The molecule has 0 saturated carbocycles. The minimum atomic E-state index is -0.113. The highest BCUT2D eigenvalue weighted by molar-refractivity contribution is 7.18. The van der Waals surface area contributed by atoms with E-state index < -0.39 is 0 Å². The lowest BCUT2D eigenvalue weighted by Gasteiger charge is -2.36. The molecule has 33 heavy (non-hydrogen) atoms. The number of benzene rings is 2. The number of rotatable bonds is 7. The van der Waals surface area contributed by atoms with Crippen LogP contribution in [0.4, 0.5) is 5.13 Å². The lowest BCUT2D eigenvalue weighted by Crippen LogP contribution is -2.51. The van der Waals surface area contributed by atoms with Gasteiger partial charge in [-0.1, -0.05) is 72.9 Å². The summed E-state index contributed by atoms with van der Waals surface area (Å²) in [5, 5.41) is 12.5. The van der Waals surface area contributed by atoms with Crippen LogP contribution in [0.2, 0.25) is 0 Å². The fraction of sp³-hybridized carbons (Fsp3) is 0.360. The van der Waals surface area contributed by atoms with E-state index in [9.17, 15) is 9.59 Å². The molecule has 0 unspecified atom stereocenters. The van der Waals surface area contributed by atoms with Gasteiger partial charge in [0.25, 0.3) is 0 Å². The number of nitrogens with one attached hydrogen (secondary N) is 1. The van der Waals surface area contributed by atoms with Gasteiger partial charge in [-0.25, -0.2) is 0 Å². The summed E-state index contributed by atoms with van der Waals surface area (Å²) in [7, 11) is 0. The smallest absolute Gasteiger partial charge is 0.240 e. The third-order valence-electron chi connectivity index (χ3n) is 6.01. The molecule has 1 atom stereocenters.